The molecular formula is C24H41N5O6S. The van der Waals surface area contributed by atoms with E-state index in [1.165, 1.54) is 25.9 Å². The number of carbonyl (C=O) groups excluding carboxylic acids is 6. The Hall–Kier alpha value is -2.47. The van der Waals surface area contributed by atoms with Crippen molar-refractivity contribution < 1.29 is 28.8 Å². The van der Waals surface area contributed by atoms with Crippen LogP contribution in [0, 0.1) is 5.41 Å². The summed E-state index contributed by atoms with van der Waals surface area (Å²) in [6.07, 6.45) is 0.198. The first-order chi connectivity index (χ1) is 16.3. The van der Waals surface area contributed by atoms with Crippen LogP contribution in [0.3, 0.4) is 0 Å². The Balaban J connectivity index is 3.54. The molecule has 1 rings (SSSR count). The first kappa shape index (κ1) is 31.6. The molecule has 0 aliphatic carbocycles. The van der Waals surface area contributed by atoms with Crippen LogP contribution >= 0.6 is 11.8 Å². The lowest BCUT2D eigenvalue weighted by molar-refractivity contribution is -0.159. The van der Waals surface area contributed by atoms with Gasteiger partial charge in [-0.1, -0.05) is 27.7 Å². The standard InChI is InChI=1S/C24H41N5O6S/c1-11-12-17(31)29(24(19(33)26-9,22(4,5)6)36-15(3)30)18(32)16(25)13-14(2)28-20(34)23(7,8)27(10)21(28)35/h14,16H,11-13,25H2,1-10H3,(H,26,33)/t14?,16-,24-/m0/s1. The highest BCUT2D eigenvalue weighted by atomic mass is 32.2. The van der Waals surface area contributed by atoms with Crippen molar-refractivity contribution >= 4 is 46.5 Å². The molecule has 0 aromatic heterocycles. The van der Waals surface area contributed by atoms with Crippen molar-refractivity contribution in [1.29, 1.82) is 0 Å². The molecule has 1 aliphatic heterocycles. The second kappa shape index (κ2) is 11.3. The number of imide groups is 2. The molecule has 36 heavy (non-hydrogen) atoms. The number of nitrogens with one attached hydrogen (secondary N) is 1. The first-order valence-electron chi connectivity index (χ1n) is 12.0. The third-order valence-electron chi connectivity index (χ3n) is 6.52. The van der Waals surface area contributed by atoms with E-state index in [9.17, 15) is 28.8 Å². The highest BCUT2D eigenvalue weighted by Crippen LogP contribution is 2.46. The topological polar surface area (TPSA) is 150 Å². The molecule has 1 aliphatic rings. The number of hydrogen-bond donors (Lipinski definition) is 2. The number of rotatable bonds is 9. The molecule has 204 valence electrons. The van der Waals surface area contributed by atoms with Crippen molar-refractivity contribution in [3.05, 3.63) is 0 Å². The summed E-state index contributed by atoms with van der Waals surface area (Å²) in [4.78, 5) is 79.8. The van der Waals surface area contributed by atoms with Crippen molar-refractivity contribution in [2.24, 2.45) is 11.1 Å². The van der Waals surface area contributed by atoms with E-state index in [4.69, 9.17) is 5.73 Å². The first-order valence-corrected chi connectivity index (χ1v) is 12.8. The molecule has 0 radical (unpaired) electrons. The Labute approximate surface area is 217 Å². The molecule has 1 saturated heterocycles. The van der Waals surface area contributed by atoms with E-state index in [2.05, 4.69) is 5.32 Å². The van der Waals surface area contributed by atoms with Gasteiger partial charge in [0.1, 0.15) is 5.54 Å². The molecule has 3 N–H and O–H groups in total. The van der Waals surface area contributed by atoms with Crippen LogP contribution in [0.15, 0.2) is 0 Å². The maximum absolute atomic E-state index is 13.8. The van der Waals surface area contributed by atoms with Crippen molar-refractivity contribution in [3.8, 4) is 0 Å². The zero-order chi connectivity index (χ0) is 28.4. The number of carbonyl (C=O) groups is 6. The van der Waals surface area contributed by atoms with Crippen LogP contribution in [0.2, 0.25) is 0 Å². The lowest BCUT2D eigenvalue weighted by Gasteiger charge is -2.48. The molecule has 1 fully saturated rings. The van der Waals surface area contributed by atoms with Crippen molar-refractivity contribution in [1.82, 2.24) is 20.0 Å². The minimum Gasteiger partial charge on any atom is -0.356 e. The minimum atomic E-state index is -1.92. The predicted molar refractivity (Wildman–Crippen MR) is 137 cm³/mol. The molecule has 0 spiro atoms. The van der Waals surface area contributed by atoms with Gasteiger partial charge >= 0.3 is 6.03 Å². The van der Waals surface area contributed by atoms with Gasteiger partial charge in [0.15, 0.2) is 9.99 Å². The Morgan fingerprint density at radius 2 is 1.69 bits per heavy atom. The number of urea groups is 1. The highest BCUT2D eigenvalue weighted by Gasteiger charge is 2.59. The van der Waals surface area contributed by atoms with E-state index in [1.807, 2.05) is 0 Å². The van der Waals surface area contributed by atoms with Crippen LogP contribution in [-0.4, -0.2) is 86.1 Å². The average Bonchev–Trinajstić information content (AvgIpc) is 2.90. The molecule has 1 heterocycles. The van der Waals surface area contributed by atoms with Gasteiger partial charge in [-0.3, -0.25) is 33.8 Å². The molecule has 3 atom stereocenters. The maximum Gasteiger partial charge on any atom is 0.327 e. The second-order valence-electron chi connectivity index (χ2n) is 10.7. The van der Waals surface area contributed by atoms with Crippen molar-refractivity contribution in [3.63, 3.8) is 0 Å². The largest absolute Gasteiger partial charge is 0.356 e. The van der Waals surface area contributed by atoms with Crippen LogP contribution in [0.1, 0.15) is 74.7 Å². The summed E-state index contributed by atoms with van der Waals surface area (Å²) in [6.45, 7) is 12.8. The zero-order valence-corrected chi connectivity index (χ0v) is 23.9. The Morgan fingerprint density at radius 1 is 1.17 bits per heavy atom. The molecule has 0 bridgehead atoms. The van der Waals surface area contributed by atoms with Crippen LogP contribution in [-0.2, 0) is 24.0 Å². The molecule has 0 saturated carbocycles. The average molecular weight is 528 g/mol. The third-order valence-corrected chi connectivity index (χ3v) is 8.08. The molecule has 0 aromatic rings. The summed E-state index contributed by atoms with van der Waals surface area (Å²) in [5.74, 6) is -2.63. The summed E-state index contributed by atoms with van der Waals surface area (Å²) >= 11 is 0.592. The summed E-state index contributed by atoms with van der Waals surface area (Å²) in [7, 11) is 2.88. The Kier molecular flexibility index (Phi) is 9.89. The van der Waals surface area contributed by atoms with Gasteiger partial charge in [-0.05, 0) is 45.4 Å². The summed E-state index contributed by atoms with van der Waals surface area (Å²) in [6, 6.07) is -2.62. The summed E-state index contributed by atoms with van der Waals surface area (Å²) < 4.78 is 0. The van der Waals surface area contributed by atoms with Crippen LogP contribution in [0.4, 0.5) is 4.79 Å². The fraction of sp³-hybridized carbons (Fsp3) is 0.750. The van der Waals surface area contributed by atoms with Gasteiger partial charge in [-0.2, -0.15) is 0 Å². The van der Waals surface area contributed by atoms with Crippen LogP contribution in [0.25, 0.3) is 0 Å². The second-order valence-corrected chi connectivity index (χ2v) is 12.0. The molecular weight excluding hydrogens is 486 g/mol. The van der Waals surface area contributed by atoms with Gasteiger partial charge in [0.2, 0.25) is 11.8 Å². The van der Waals surface area contributed by atoms with Crippen LogP contribution < -0.4 is 11.1 Å². The SMILES string of the molecule is CCCC(=O)N(C(=O)[C@@H](N)CC(C)N1C(=O)N(C)C(C)(C)C1=O)[C@](SC(C)=O)(C(=O)NC)C(C)(C)C. The number of amides is 6. The van der Waals surface area contributed by atoms with Gasteiger partial charge < -0.3 is 16.0 Å². The van der Waals surface area contributed by atoms with Gasteiger partial charge in [-0.25, -0.2) is 4.79 Å². The van der Waals surface area contributed by atoms with Gasteiger partial charge in [-0.15, -0.1) is 0 Å². The minimum absolute atomic E-state index is 0.0522. The molecule has 0 aromatic carbocycles. The van der Waals surface area contributed by atoms with Gasteiger partial charge in [0, 0.05) is 38.9 Å². The normalized spacial score (nSPS) is 19.0. The maximum atomic E-state index is 13.8. The van der Waals surface area contributed by atoms with Gasteiger partial charge in [0.25, 0.3) is 11.8 Å². The zero-order valence-electron chi connectivity index (χ0n) is 23.1. The summed E-state index contributed by atoms with van der Waals surface area (Å²) in [5, 5.41) is 2.04. The Morgan fingerprint density at radius 3 is 2.06 bits per heavy atom. The molecule has 1 unspecified atom stereocenters. The molecule has 12 heteroatoms. The Bertz CT molecular complexity index is 930. The van der Waals surface area contributed by atoms with E-state index < -0.39 is 62.7 Å². The van der Waals surface area contributed by atoms with E-state index in [0.29, 0.717) is 18.2 Å². The number of likely N-dealkylation sites (N-methyl/N-ethyl adjacent to an activating group) is 2. The lowest BCUT2D eigenvalue weighted by atomic mass is 9.83. The highest BCUT2D eigenvalue weighted by molar-refractivity contribution is 8.15. The van der Waals surface area contributed by atoms with E-state index in [0.717, 1.165) is 9.80 Å². The van der Waals surface area contributed by atoms with Crippen molar-refractivity contribution in [2.75, 3.05) is 14.1 Å². The predicted octanol–water partition coefficient (Wildman–Crippen LogP) is 1.69. The van der Waals surface area contributed by atoms with Gasteiger partial charge in [0.05, 0.1) is 6.04 Å². The molecule has 6 amide bonds. The third kappa shape index (κ3) is 5.59. The fourth-order valence-corrected chi connectivity index (χ4v) is 5.43. The number of nitrogens with two attached hydrogens (primary N) is 1. The molecule has 11 nitrogen and oxygen atoms in total. The quantitative estimate of drug-likeness (QED) is 0.340. The van der Waals surface area contributed by atoms with E-state index in [-0.39, 0.29) is 12.8 Å². The number of nitrogens with zero attached hydrogens (tertiary/aromatic N) is 3. The van der Waals surface area contributed by atoms with Crippen LogP contribution in [0.5, 0.6) is 0 Å². The smallest absolute Gasteiger partial charge is 0.327 e. The van der Waals surface area contributed by atoms with E-state index >= 15 is 0 Å². The number of thioether (sulfide) groups is 1. The summed E-state index contributed by atoms with van der Waals surface area (Å²) in [5.41, 5.74) is 4.17. The van der Waals surface area contributed by atoms with E-state index in [1.54, 1.807) is 48.5 Å². The van der Waals surface area contributed by atoms with Crippen molar-refractivity contribution in [2.45, 2.75) is 97.1 Å². The monoisotopic (exact) mass is 527 g/mol. The fourth-order valence-electron chi connectivity index (χ4n) is 4.23. The lowest BCUT2D eigenvalue weighted by Crippen LogP contribution is -2.68. The number of hydrogen-bond acceptors (Lipinski definition) is 8.